The van der Waals surface area contributed by atoms with E-state index >= 15 is 0 Å². The first-order chi connectivity index (χ1) is 4.95. The molecule has 11 heavy (non-hydrogen) atoms. The molecule has 0 aliphatic rings. The van der Waals surface area contributed by atoms with Crippen molar-refractivity contribution in [2.45, 2.75) is 26.4 Å². The molecule has 0 aromatic carbocycles. The fourth-order valence-corrected chi connectivity index (χ4v) is 1.24. The monoisotopic (exact) mass is 176 g/mol. The van der Waals surface area contributed by atoms with Gasteiger partial charge in [0.2, 0.25) is 0 Å². The molecule has 1 atom stereocenters. The van der Waals surface area contributed by atoms with E-state index in [1.54, 1.807) is 13.8 Å². The minimum atomic E-state index is -3.32. The Bertz CT molecular complexity index is 255. The lowest BCUT2D eigenvalue weighted by Gasteiger charge is -2.05. The zero-order valence-corrected chi connectivity index (χ0v) is 7.73. The SMILES string of the molecule is CC#CCC(C)OS(C)(=O)=O. The summed E-state index contributed by atoms with van der Waals surface area (Å²) < 4.78 is 25.7. The van der Waals surface area contributed by atoms with Crippen LogP contribution in [0.1, 0.15) is 20.3 Å². The van der Waals surface area contributed by atoms with Gasteiger partial charge in [-0.05, 0) is 13.8 Å². The van der Waals surface area contributed by atoms with Crippen molar-refractivity contribution in [3.05, 3.63) is 0 Å². The van der Waals surface area contributed by atoms with Crippen LogP contribution >= 0.6 is 0 Å². The predicted molar refractivity (Wildman–Crippen MR) is 43.5 cm³/mol. The molecule has 0 fully saturated rings. The van der Waals surface area contributed by atoms with E-state index in [-0.39, 0.29) is 6.10 Å². The summed E-state index contributed by atoms with van der Waals surface area (Å²) in [6.45, 7) is 3.37. The van der Waals surface area contributed by atoms with Gasteiger partial charge in [0.25, 0.3) is 10.1 Å². The third kappa shape index (κ3) is 7.37. The lowest BCUT2D eigenvalue weighted by atomic mass is 10.3. The van der Waals surface area contributed by atoms with Crippen LogP contribution in [0.5, 0.6) is 0 Å². The molecule has 0 radical (unpaired) electrons. The maximum Gasteiger partial charge on any atom is 0.264 e. The molecule has 0 rings (SSSR count). The lowest BCUT2D eigenvalue weighted by Crippen LogP contribution is -2.12. The average molecular weight is 176 g/mol. The van der Waals surface area contributed by atoms with E-state index in [4.69, 9.17) is 0 Å². The third-order valence-electron chi connectivity index (χ3n) is 0.905. The Hall–Kier alpha value is -0.530. The van der Waals surface area contributed by atoms with E-state index in [0.717, 1.165) is 6.26 Å². The van der Waals surface area contributed by atoms with Gasteiger partial charge in [0.1, 0.15) is 0 Å². The molecular formula is C7H12O3S. The molecule has 0 bridgehead atoms. The molecule has 0 spiro atoms. The molecular weight excluding hydrogens is 164 g/mol. The van der Waals surface area contributed by atoms with Crippen LogP contribution < -0.4 is 0 Å². The Morgan fingerprint density at radius 1 is 1.55 bits per heavy atom. The fourth-order valence-electron chi connectivity index (χ4n) is 0.578. The van der Waals surface area contributed by atoms with Gasteiger partial charge in [-0.25, -0.2) is 0 Å². The highest BCUT2D eigenvalue weighted by Gasteiger charge is 2.07. The van der Waals surface area contributed by atoms with Crippen LogP contribution in [0.15, 0.2) is 0 Å². The van der Waals surface area contributed by atoms with E-state index < -0.39 is 10.1 Å². The van der Waals surface area contributed by atoms with Gasteiger partial charge in [-0.15, -0.1) is 11.8 Å². The Morgan fingerprint density at radius 2 is 2.09 bits per heavy atom. The molecule has 0 aromatic heterocycles. The van der Waals surface area contributed by atoms with Gasteiger partial charge in [-0.3, -0.25) is 4.18 Å². The van der Waals surface area contributed by atoms with Crippen LogP contribution in [0.2, 0.25) is 0 Å². The van der Waals surface area contributed by atoms with Crippen molar-refractivity contribution in [2.24, 2.45) is 0 Å². The normalized spacial score (nSPS) is 13.4. The molecule has 64 valence electrons. The van der Waals surface area contributed by atoms with Crippen molar-refractivity contribution >= 4 is 10.1 Å². The molecule has 0 amide bonds. The Kier molecular flexibility index (Phi) is 4.16. The quantitative estimate of drug-likeness (QED) is 0.471. The van der Waals surface area contributed by atoms with Crippen molar-refractivity contribution in [1.29, 1.82) is 0 Å². The van der Waals surface area contributed by atoms with Crippen molar-refractivity contribution < 1.29 is 12.6 Å². The van der Waals surface area contributed by atoms with Crippen molar-refractivity contribution in [1.82, 2.24) is 0 Å². The molecule has 0 aliphatic carbocycles. The molecule has 0 heterocycles. The van der Waals surface area contributed by atoms with Crippen LogP contribution in [0.25, 0.3) is 0 Å². The average Bonchev–Trinajstić information content (AvgIpc) is 1.79. The van der Waals surface area contributed by atoms with E-state index in [1.807, 2.05) is 0 Å². The van der Waals surface area contributed by atoms with E-state index in [9.17, 15) is 8.42 Å². The predicted octanol–water partition coefficient (Wildman–Crippen LogP) is 0.765. The first kappa shape index (κ1) is 10.5. The van der Waals surface area contributed by atoms with Gasteiger partial charge in [-0.2, -0.15) is 8.42 Å². The molecule has 0 saturated heterocycles. The van der Waals surface area contributed by atoms with Crippen molar-refractivity contribution in [2.75, 3.05) is 6.26 Å². The van der Waals surface area contributed by atoms with Crippen LogP contribution in [-0.2, 0) is 14.3 Å². The number of hydrogen-bond donors (Lipinski definition) is 0. The van der Waals surface area contributed by atoms with Crippen LogP contribution in [-0.4, -0.2) is 20.8 Å². The molecule has 1 unspecified atom stereocenters. The first-order valence-corrected chi connectivity index (χ1v) is 5.05. The third-order valence-corrected chi connectivity index (χ3v) is 1.58. The summed E-state index contributed by atoms with van der Waals surface area (Å²) in [7, 11) is -3.32. The van der Waals surface area contributed by atoms with Gasteiger partial charge < -0.3 is 0 Å². The Balaban J connectivity index is 3.86. The van der Waals surface area contributed by atoms with Gasteiger partial charge in [0.05, 0.1) is 12.4 Å². The summed E-state index contributed by atoms with van der Waals surface area (Å²) in [5.74, 6) is 5.39. The van der Waals surface area contributed by atoms with Gasteiger partial charge in [-0.1, -0.05) is 0 Å². The summed E-state index contributed by atoms with van der Waals surface area (Å²) in [6.07, 6.45) is 1.13. The van der Waals surface area contributed by atoms with Crippen LogP contribution in [0, 0.1) is 11.8 Å². The highest BCUT2D eigenvalue weighted by Crippen LogP contribution is 1.99. The topological polar surface area (TPSA) is 43.4 Å². The zero-order chi connectivity index (χ0) is 8.91. The summed E-state index contributed by atoms with van der Waals surface area (Å²) >= 11 is 0. The highest BCUT2D eigenvalue weighted by molar-refractivity contribution is 7.86. The largest absolute Gasteiger partial charge is 0.266 e. The van der Waals surface area contributed by atoms with Gasteiger partial charge in [0.15, 0.2) is 0 Å². The minimum absolute atomic E-state index is 0.350. The van der Waals surface area contributed by atoms with Gasteiger partial charge in [0, 0.05) is 6.42 Å². The molecule has 4 heteroatoms. The van der Waals surface area contributed by atoms with E-state index in [1.165, 1.54) is 0 Å². The summed E-state index contributed by atoms with van der Waals surface area (Å²) in [4.78, 5) is 0. The number of hydrogen-bond acceptors (Lipinski definition) is 3. The van der Waals surface area contributed by atoms with Crippen LogP contribution in [0.3, 0.4) is 0 Å². The van der Waals surface area contributed by atoms with E-state index in [2.05, 4.69) is 16.0 Å². The van der Waals surface area contributed by atoms with E-state index in [0.29, 0.717) is 6.42 Å². The molecule has 0 aromatic rings. The molecule has 3 nitrogen and oxygen atoms in total. The van der Waals surface area contributed by atoms with Crippen LogP contribution in [0.4, 0.5) is 0 Å². The number of rotatable bonds is 3. The molecule has 0 saturated carbocycles. The maximum absolute atomic E-state index is 10.5. The Morgan fingerprint density at radius 3 is 2.45 bits per heavy atom. The second-order valence-electron chi connectivity index (χ2n) is 2.24. The zero-order valence-electron chi connectivity index (χ0n) is 6.92. The summed E-state index contributed by atoms with van der Waals surface area (Å²) in [5, 5.41) is 0. The minimum Gasteiger partial charge on any atom is -0.266 e. The smallest absolute Gasteiger partial charge is 0.264 e. The van der Waals surface area contributed by atoms with Crippen molar-refractivity contribution in [3.8, 4) is 11.8 Å². The molecule has 0 N–H and O–H groups in total. The summed E-state index contributed by atoms with van der Waals surface area (Å²) in [6, 6.07) is 0. The standard InChI is InChI=1S/C7H12O3S/c1-4-5-6-7(2)10-11(3,8)9/h7H,6H2,1-3H3. The molecule has 0 aliphatic heterocycles. The van der Waals surface area contributed by atoms with Gasteiger partial charge >= 0.3 is 0 Å². The fraction of sp³-hybridized carbons (Fsp3) is 0.714. The first-order valence-electron chi connectivity index (χ1n) is 3.23. The highest BCUT2D eigenvalue weighted by atomic mass is 32.2. The lowest BCUT2D eigenvalue weighted by molar-refractivity contribution is 0.237. The summed E-state index contributed by atoms with van der Waals surface area (Å²) in [5.41, 5.74) is 0. The maximum atomic E-state index is 10.5. The second-order valence-corrected chi connectivity index (χ2v) is 3.84. The Labute approximate surface area is 67.9 Å². The second kappa shape index (κ2) is 4.37. The van der Waals surface area contributed by atoms with Crippen molar-refractivity contribution in [3.63, 3.8) is 0 Å².